The van der Waals surface area contributed by atoms with Gasteiger partial charge in [-0.3, -0.25) is 20.0 Å². The monoisotopic (exact) mass is 442 g/mol. The quantitative estimate of drug-likeness (QED) is 0.415. The number of methoxy groups -OCH3 is 1. The summed E-state index contributed by atoms with van der Waals surface area (Å²) in [5.41, 5.74) is 1.03. The molecule has 168 valence electrons. The summed E-state index contributed by atoms with van der Waals surface area (Å²) in [6.45, 7) is 4.85. The number of rotatable bonds is 8. The van der Waals surface area contributed by atoms with Gasteiger partial charge in [0.1, 0.15) is 11.5 Å². The summed E-state index contributed by atoms with van der Waals surface area (Å²) >= 11 is 0. The van der Waals surface area contributed by atoms with Gasteiger partial charge in [-0.1, -0.05) is 0 Å². The molecule has 1 N–H and O–H groups in total. The predicted molar refractivity (Wildman–Crippen MR) is 117 cm³/mol. The minimum absolute atomic E-state index is 0.110. The zero-order valence-electron chi connectivity index (χ0n) is 17.5. The number of ether oxygens (including phenoxy) is 3. The fourth-order valence-electron chi connectivity index (χ4n) is 3.52. The minimum Gasteiger partial charge on any atom is -0.495 e. The Kier molecular flexibility index (Phi) is 6.62. The molecular formula is C22H23FN4O5. The molecule has 1 saturated heterocycles. The summed E-state index contributed by atoms with van der Waals surface area (Å²) in [5.74, 6) is 0.0783. The van der Waals surface area contributed by atoms with E-state index in [9.17, 15) is 14.5 Å². The number of fused-ring (bicyclic) bond motifs is 1. The highest BCUT2D eigenvalue weighted by atomic mass is 19.1. The van der Waals surface area contributed by atoms with Gasteiger partial charge in [0.05, 0.1) is 42.5 Å². The van der Waals surface area contributed by atoms with Crippen LogP contribution in [0.4, 0.5) is 15.8 Å². The molecule has 4 rings (SSSR count). The van der Waals surface area contributed by atoms with Crippen LogP contribution in [0, 0.1) is 15.9 Å². The van der Waals surface area contributed by atoms with E-state index < -0.39 is 10.7 Å². The molecule has 32 heavy (non-hydrogen) atoms. The van der Waals surface area contributed by atoms with Crippen LogP contribution in [-0.4, -0.2) is 61.3 Å². The lowest BCUT2D eigenvalue weighted by atomic mass is 10.1. The lowest BCUT2D eigenvalue weighted by Gasteiger charge is -2.26. The highest BCUT2D eigenvalue weighted by molar-refractivity contribution is 5.90. The molecule has 2 aromatic carbocycles. The van der Waals surface area contributed by atoms with Crippen LogP contribution in [0.25, 0.3) is 10.9 Å². The number of hydrogen-bond donors (Lipinski definition) is 1. The normalized spacial score (nSPS) is 14.3. The van der Waals surface area contributed by atoms with Gasteiger partial charge in [0.25, 0.3) is 5.69 Å². The fraction of sp³-hybridized carbons (Fsp3) is 0.318. The lowest BCUT2D eigenvalue weighted by molar-refractivity contribution is -0.385. The van der Waals surface area contributed by atoms with Crippen molar-refractivity contribution in [2.24, 2.45) is 0 Å². The number of anilines is 1. The largest absolute Gasteiger partial charge is 0.495 e. The van der Waals surface area contributed by atoms with E-state index in [1.165, 1.54) is 12.1 Å². The molecule has 0 saturated carbocycles. The first-order valence-electron chi connectivity index (χ1n) is 10.2. The highest BCUT2D eigenvalue weighted by Gasteiger charge is 2.16. The zero-order chi connectivity index (χ0) is 22.5. The van der Waals surface area contributed by atoms with Crippen molar-refractivity contribution in [2.45, 2.75) is 0 Å². The number of non-ortho nitro benzene ring substituents is 1. The van der Waals surface area contributed by atoms with E-state index in [0.717, 1.165) is 44.6 Å². The number of morpholine rings is 1. The van der Waals surface area contributed by atoms with Crippen molar-refractivity contribution >= 4 is 22.3 Å². The maximum Gasteiger partial charge on any atom is 0.272 e. The third kappa shape index (κ3) is 4.87. The van der Waals surface area contributed by atoms with Gasteiger partial charge in [-0.15, -0.1) is 0 Å². The average Bonchev–Trinajstić information content (AvgIpc) is 2.80. The molecule has 0 unspecified atom stereocenters. The van der Waals surface area contributed by atoms with Crippen LogP contribution in [-0.2, 0) is 4.74 Å². The van der Waals surface area contributed by atoms with Crippen molar-refractivity contribution in [2.75, 3.05) is 51.8 Å². The highest BCUT2D eigenvalue weighted by Crippen LogP contribution is 2.36. The average molecular weight is 442 g/mol. The summed E-state index contributed by atoms with van der Waals surface area (Å²) in [5, 5.41) is 14.9. The molecule has 1 aliphatic rings. The Hall–Kier alpha value is -3.50. The van der Waals surface area contributed by atoms with E-state index in [2.05, 4.69) is 15.2 Å². The number of aromatic nitrogens is 1. The third-order valence-electron chi connectivity index (χ3n) is 5.22. The van der Waals surface area contributed by atoms with Gasteiger partial charge in [0, 0.05) is 49.9 Å². The van der Waals surface area contributed by atoms with E-state index in [-0.39, 0.29) is 11.4 Å². The number of nitro benzene ring substituents is 1. The van der Waals surface area contributed by atoms with E-state index in [4.69, 9.17) is 14.2 Å². The molecule has 0 radical (unpaired) electrons. The van der Waals surface area contributed by atoms with Crippen molar-refractivity contribution in [3.05, 3.63) is 58.5 Å². The van der Waals surface area contributed by atoms with Gasteiger partial charge < -0.3 is 19.5 Å². The fourth-order valence-corrected chi connectivity index (χ4v) is 3.52. The van der Waals surface area contributed by atoms with Crippen LogP contribution < -0.4 is 14.8 Å². The first-order valence-corrected chi connectivity index (χ1v) is 10.2. The number of nitrogens with one attached hydrogen (secondary N) is 1. The molecule has 3 aromatic rings. The predicted octanol–water partition coefficient (Wildman–Crippen LogP) is 3.83. The van der Waals surface area contributed by atoms with Crippen molar-refractivity contribution in [3.63, 3.8) is 0 Å². The molecule has 9 nitrogen and oxygen atoms in total. The van der Waals surface area contributed by atoms with Gasteiger partial charge in [0.15, 0.2) is 11.6 Å². The first kappa shape index (κ1) is 21.7. The summed E-state index contributed by atoms with van der Waals surface area (Å²) < 4.78 is 31.0. The second-order valence-electron chi connectivity index (χ2n) is 7.23. The molecule has 0 atom stereocenters. The molecule has 1 aliphatic heterocycles. The maximum absolute atomic E-state index is 14.3. The SMILES string of the molecule is COc1cc2nccc(Oc3ccc([N+](=O)[O-])cc3F)c2cc1NCCN1CCOCC1. The third-order valence-corrected chi connectivity index (χ3v) is 5.22. The maximum atomic E-state index is 14.3. The number of halogens is 1. The van der Waals surface area contributed by atoms with Crippen molar-refractivity contribution < 1.29 is 23.5 Å². The Morgan fingerprint density at radius 1 is 1.19 bits per heavy atom. The van der Waals surface area contributed by atoms with Crippen molar-refractivity contribution in [1.82, 2.24) is 9.88 Å². The topological polar surface area (TPSA) is 99.0 Å². The van der Waals surface area contributed by atoms with E-state index in [1.54, 1.807) is 25.4 Å². The summed E-state index contributed by atoms with van der Waals surface area (Å²) in [6.07, 6.45) is 1.55. The van der Waals surface area contributed by atoms with Gasteiger partial charge in [-0.2, -0.15) is 0 Å². The van der Waals surface area contributed by atoms with Gasteiger partial charge in [0.2, 0.25) is 0 Å². The molecule has 1 aromatic heterocycles. The van der Waals surface area contributed by atoms with Gasteiger partial charge >= 0.3 is 0 Å². The van der Waals surface area contributed by atoms with E-state index >= 15 is 0 Å². The summed E-state index contributed by atoms with van der Waals surface area (Å²) in [6, 6.07) is 8.52. The minimum atomic E-state index is -0.818. The molecule has 0 bridgehead atoms. The molecule has 0 amide bonds. The first-order chi connectivity index (χ1) is 15.5. The molecular weight excluding hydrogens is 419 g/mol. The van der Waals surface area contributed by atoms with Crippen LogP contribution in [0.2, 0.25) is 0 Å². The Morgan fingerprint density at radius 2 is 2.00 bits per heavy atom. The van der Waals surface area contributed by atoms with Gasteiger partial charge in [-0.25, -0.2) is 4.39 Å². The standard InChI is InChI=1S/C22H23FN4O5/c1-30-22-14-18-16(13-19(22)25-6-7-26-8-10-31-11-9-26)20(4-5-24-18)32-21-3-2-15(27(28)29)12-17(21)23/h2-5,12-14,25H,6-11H2,1H3. The Labute approximate surface area is 183 Å². The second-order valence-corrected chi connectivity index (χ2v) is 7.23. The van der Waals surface area contributed by atoms with Crippen LogP contribution >= 0.6 is 0 Å². The number of nitro groups is 1. The van der Waals surface area contributed by atoms with Crippen molar-refractivity contribution in [3.8, 4) is 17.2 Å². The smallest absolute Gasteiger partial charge is 0.272 e. The Bertz CT molecular complexity index is 1120. The number of pyridine rings is 1. The van der Waals surface area contributed by atoms with E-state index in [0.29, 0.717) is 28.9 Å². The summed E-state index contributed by atoms with van der Waals surface area (Å²) in [7, 11) is 1.58. The van der Waals surface area contributed by atoms with Crippen LogP contribution in [0.3, 0.4) is 0 Å². The van der Waals surface area contributed by atoms with Crippen molar-refractivity contribution in [1.29, 1.82) is 0 Å². The van der Waals surface area contributed by atoms with Crippen LogP contribution in [0.5, 0.6) is 17.2 Å². The van der Waals surface area contributed by atoms with Crippen LogP contribution in [0.15, 0.2) is 42.6 Å². The molecule has 10 heteroatoms. The zero-order valence-corrected chi connectivity index (χ0v) is 17.5. The summed E-state index contributed by atoms with van der Waals surface area (Å²) in [4.78, 5) is 16.9. The molecule has 0 aliphatic carbocycles. The van der Waals surface area contributed by atoms with Gasteiger partial charge in [-0.05, 0) is 18.2 Å². The Balaban J connectivity index is 1.58. The number of hydrogen-bond acceptors (Lipinski definition) is 8. The molecule has 0 spiro atoms. The van der Waals surface area contributed by atoms with Crippen LogP contribution in [0.1, 0.15) is 0 Å². The second kappa shape index (κ2) is 9.75. The number of nitrogens with zero attached hydrogens (tertiary/aromatic N) is 3. The number of benzene rings is 2. The molecule has 1 fully saturated rings. The Morgan fingerprint density at radius 3 is 2.72 bits per heavy atom. The van der Waals surface area contributed by atoms with E-state index in [1.807, 2.05) is 6.07 Å². The molecule has 2 heterocycles. The lowest BCUT2D eigenvalue weighted by Crippen LogP contribution is -2.39.